The summed E-state index contributed by atoms with van der Waals surface area (Å²) in [5, 5.41) is 10.6. The second kappa shape index (κ2) is 5.52. The Bertz CT molecular complexity index is 860. The van der Waals surface area contributed by atoms with E-state index in [-0.39, 0.29) is 29.5 Å². The first-order valence-corrected chi connectivity index (χ1v) is 6.88. The van der Waals surface area contributed by atoms with Crippen LogP contribution in [0.15, 0.2) is 42.6 Å². The van der Waals surface area contributed by atoms with Crippen molar-refractivity contribution in [1.29, 1.82) is 0 Å². The SMILES string of the molecule is CCC(=O)c1ncc2nc(-c3ccc(F)cc3)ccc2c1O. The number of fused-ring (bicyclic) bond motifs is 1. The Labute approximate surface area is 126 Å². The fourth-order valence-corrected chi connectivity index (χ4v) is 2.24. The van der Waals surface area contributed by atoms with Crippen molar-refractivity contribution >= 4 is 16.7 Å². The summed E-state index contributed by atoms with van der Waals surface area (Å²) in [7, 11) is 0. The molecule has 0 bridgehead atoms. The summed E-state index contributed by atoms with van der Waals surface area (Å²) in [4.78, 5) is 20.1. The van der Waals surface area contributed by atoms with E-state index in [4.69, 9.17) is 0 Å². The molecular formula is C17H13FN2O2. The van der Waals surface area contributed by atoms with Crippen molar-refractivity contribution in [1.82, 2.24) is 9.97 Å². The molecule has 0 aliphatic carbocycles. The van der Waals surface area contributed by atoms with E-state index in [0.29, 0.717) is 16.6 Å². The molecule has 0 radical (unpaired) electrons. The molecule has 0 aliphatic heterocycles. The monoisotopic (exact) mass is 296 g/mol. The van der Waals surface area contributed by atoms with Crippen LogP contribution < -0.4 is 0 Å². The zero-order valence-corrected chi connectivity index (χ0v) is 11.9. The van der Waals surface area contributed by atoms with E-state index < -0.39 is 0 Å². The Kier molecular flexibility index (Phi) is 3.55. The summed E-state index contributed by atoms with van der Waals surface area (Å²) in [6, 6.07) is 9.39. The quantitative estimate of drug-likeness (QED) is 0.748. The van der Waals surface area contributed by atoms with Gasteiger partial charge in [-0.1, -0.05) is 6.92 Å². The second-order valence-electron chi connectivity index (χ2n) is 4.87. The van der Waals surface area contributed by atoms with E-state index in [2.05, 4.69) is 9.97 Å². The van der Waals surface area contributed by atoms with Gasteiger partial charge in [0.15, 0.2) is 11.5 Å². The van der Waals surface area contributed by atoms with E-state index in [1.807, 2.05) is 0 Å². The summed E-state index contributed by atoms with van der Waals surface area (Å²) in [5.41, 5.74) is 1.94. The zero-order valence-electron chi connectivity index (χ0n) is 11.9. The summed E-state index contributed by atoms with van der Waals surface area (Å²) < 4.78 is 13.0. The molecule has 0 fully saturated rings. The molecule has 2 aromatic heterocycles. The van der Waals surface area contributed by atoms with Crippen molar-refractivity contribution in [3.63, 3.8) is 0 Å². The minimum absolute atomic E-state index is 0.0614. The van der Waals surface area contributed by atoms with Crippen LogP contribution >= 0.6 is 0 Å². The Morgan fingerprint density at radius 1 is 1.18 bits per heavy atom. The maximum Gasteiger partial charge on any atom is 0.184 e. The molecule has 1 aromatic carbocycles. The van der Waals surface area contributed by atoms with Crippen LogP contribution in [0.1, 0.15) is 23.8 Å². The van der Waals surface area contributed by atoms with Crippen molar-refractivity contribution in [2.75, 3.05) is 0 Å². The molecule has 3 aromatic rings. The van der Waals surface area contributed by atoms with E-state index in [1.165, 1.54) is 18.3 Å². The Balaban J connectivity index is 2.12. The molecule has 0 saturated heterocycles. The molecule has 22 heavy (non-hydrogen) atoms. The molecule has 1 N–H and O–H groups in total. The standard InChI is InChI=1S/C17H13FN2O2/c1-2-15(21)16-17(22)12-7-8-13(20-14(12)9-19-16)10-3-5-11(18)6-4-10/h3-9,22H,2H2,1H3. The van der Waals surface area contributed by atoms with Crippen LogP contribution in [-0.4, -0.2) is 20.9 Å². The van der Waals surface area contributed by atoms with Crippen molar-refractivity contribution in [2.45, 2.75) is 13.3 Å². The lowest BCUT2D eigenvalue weighted by Gasteiger charge is -2.07. The molecule has 3 rings (SSSR count). The number of pyridine rings is 2. The average molecular weight is 296 g/mol. The number of nitrogens with zero attached hydrogens (tertiary/aromatic N) is 2. The van der Waals surface area contributed by atoms with Crippen LogP contribution in [0.2, 0.25) is 0 Å². The lowest BCUT2D eigenvalue weighted by Crippen LogP contribution is -2.01. The molecule has 0 amide bonds. The van der Waals surface area contributed by atoms with E-state index in [9.17, 15) is 14.3 Å². The van der Waals surface area contributed by atoms with Crippen LogP contribution in [-0.2, 0) is 0 Å². The Morgan fingerprint density at radius 3 is 2.59 bits per heavy atom. The fraction of sp³-hybridized carbons (Fsp3) is 0.118. The zero-order chi connectivity index (χ0) is 15.7. The number of carbonyl (C=O) groups is 1. The van der Waals surface area contributed by atoms with E-state index >= 15 is 0 Å². The van der Waals surface area contributed by atoms with Gasteiger partial charge >= 0.3 is 0 Å². The second-order valence-corrected chi connectivity index (χ2v) is 4.87. The van der Waals surface area contributed by atoms with Crippen LogP contribution in [0.25, 0.3) is 22.2 Å². The van der Waals surface area contributed by atoms with Gasteiger partial charge in [0.1, 0.15) is 11.5 Å². The topological polar surface area (TPSA) is 63.1 Å². The molecule has 0 atom stereocenters. The highest BCUT2D eigenvalue weighted by atomic mass is 19.1. The molecule has 110 valence electrons. The van der Waals surface area contributed by atoms with Gasteiger partial charge in [-0.3, -0.25) is 4.79 Å². The van der Waals surface area contributed by atoms with Crippen LogP contribution in [0.3, 0.4) is 0 Å². The third-order valence-corrected chi connectivity index (χ3v) is 3.45. The number of benzene rings is 1. The van der Waals surface area contributed by atoms with Crippen LogP contribution in [0.4, 0.5) is 4.39 Å². The van der Waals surface area contributed by atoms with E-state index in [1.54, 1.807) is 31.2 Å². The largest absolute Gasteiger partial charge is 0.505 e. The van der Waals surface area contributed by atoms with Gasteiger partial charge < -0.3 is 5.11 Å². The molecule has 4 nitrogen and oxygen atoms in total. The van der Waals surface area contributed by atoms with Gasteiger partial charge in [0.25, 0.3) is 0 Å². The lowest BCUT2D eigenvalue weighted by molar-refractivity contribution is 0.0981. The first-order valence-electron chi connectivity index (χ1n) is 6.88. The number of hydrogen-bond acceptors (Lipinski definition) is 4. The van der Waals surface area contributed by atoms with Gasteiger partial charge in [-0.25, -0.2) is 14.4 Å². The third kappa shape index (κ3) is 2.41. The number of aromatic nitrogens is 2. The van der Waals surface area contributed by atoms with Crippen LogP contribution in [0, 0.1) is 5.82 Å². The van der Waals surface area contributed by atoms with E-state index in [0.717, 1.165) is 5.56 Å². The number of ketones is 1. The predicted molar refractivity (Wildman–Crippen MR) is 81.2 cm³/mol. The number of Topliss-reactive ketones (excluding diaryl/α,β-unsaturated/α-hetero) is 1. The minimum Gasteiger partial charge on any atom is -0.505 e. The van der Waals surface area contributed by atoms with Crippen molar-refractivity contribution in [3.05, 3.63) is 54.1 Å². The number of aromatic hydroxyl groups is 1. The summed E-state index contributed by atoms with van der Waals surface area (Å²) >= 11 is 0. The fourth-order valence-electron chi connectivity index (χ4n) is 2.24. The number of hydrogen-bond donors (Lipinski definition) is 1. The predicted octanol–water partition coefficient (Wildman–Crippen LogP) is 3.73. The summed E-state index contributed by atoms with van der Waals surface area (Å²) in [6.07, 6.45) is 1.73. The summed E-state index contributed by atoms with van der Waals surface area (Å²) in [6.45, 7) is 1.71. The maximum absolute atomic E-state index is 13.0. The van der Waals surface area contributed by atoms with Gasteiger partial charge in [0, 0.05) is 17.4 Å². The molecule has 0 spiro atoms. The highest BCUT2D eigenvalue weighted by molar-refractivity contribution is 6.01. The molecule has 2 heterocycles. The first-order chi connectivity index (χ1) is 10.6. The smallest absolute Gasteiger partial charge is 0.184 e. The van der Waals surface area contributed by atoms with Crippen molar-refractivity contribution in [2.24, 2.45) is 0 Å². The van der Waals surface area contributed by atoms with Gasteiger partial charge in [0.2, 0.25) is 0 Å². The number of halogens is 1. The maximum atomic E-state index is 13.0. The van der Waals surface area contributed by atoms with Crippen molar-refractivity contribution in [3.8, 4) is 17.0 Å². The minimum atomic E-state index is -0.313. The van der Waals surface area contributed by atoms with Gasteiger partial charge in [-0.2, -0.15) is 0 Å². The molecular weight excluding hydrogens is 283 g/mol. The van der Waals surface area contributed by atoms with Gasteiger partial charge in [-0.05, 0) is 36.4 Å². The lowest BCUT2D eigenvalue weighted by atomic mass is 10.1. The average Bonchev–Trinajstić information content (AvgIpc) is 2.55. The third-order valence-electron chi connectivity index (χ3n) is 3.45. The summed E-state index contributed by atoms with van der Waals surface area (Å²) in [5.74, 6) is -0.684. The molecule has 0 unspecified atom stereocenters. The highest BCUT2D eigenvalue weighted by Crippen LogP contribution is 2.29. The normalized spacial score (nSPS) is 10.8. The Morgan fingerprint density at radius 2 is 1.91 bits per heavy atom. The number of carbonyl (C=O) groups excluding carboxylic acids is 1. The van der Waals surface area contributed by atoms with Crippen LogP contribution in [0.5, 0.6) is 5.75 Å². The van der Waals surface area contributed by atoms with Gasteiger partial charge in [0.05, 0.1) is 17.4 Å². The first kappa shape index (κ1) is 14.1. The highest BCUT2D eigenvalue weighted by Gasteiger charge is 2.15. The molecule has 5 heteroatoms. The number of rotatable bonds is 3. The molecule has 0 aliphatic rings. The van der Waals surface area contributed by atoms with Crippen molar-refractivity contribution < 1.29 is 14.3 Å². The molecule has 0 saturated carbocycles. The van der Waals surface area contributed by atoms with Gasteiger partial charge in [-0.15, -0.1) is 0 Å². The Hall–Kier alpha value is -2.82.